The molecule has 1 saturated heterocycles. The summed E-state index contributed by atoms with van der Waals surface area (Å²) in [4.78, 5) is 1.20. The first-order valence-electron chi connectivity index (χ1n) is 6.66. The third kappa shape index (κ3) is 3.10. The topological polar surface area (TPSA) is 44.5 Å². The number of hydrogen-bond acceptors (Lipinski definition) is 4. The molecule has 2 aliphatic rings. The summed E-state index contributed by atoms with van der Waals surface area (Å²) < 4.78 is 13.0. The zero-order valence-electron chi connectivity index (χ0n) is 10.7. The van der Waals surface area contributed by atoms with Crippen LogP contribution in [0.1, 0.15) is 25.7 Å². The van der Waals surface area contributed by atoms with E-state index in [9.17, 15) is 0 Å². The first-order valence-corrected chi connectivity index (χ1v) is 8.44. The van der Waals surface area contributed by atoms with Gasteiger partial charge in [-0.05, 0) is 47.0 Å². The number of rotatable bonds is 3. The SMILES string of the molecule is Nc1ccc(SCC2COC3(CCCC3)O2)c(Br)c1. The van der Waals surface area contributed by atoms with Crippen LogP contribution in [0.15, 0.2) is 27.6 Å². The third-order valence-electron chi connectivity index (χ3n) is 3.66. The normalized spacial score (nSPS) is 25.2. The fourth-order valence-corrected chi connectivity index (χ4v) is 4.32. The molecule has 1 aromatic carbocycles. The quantitative estimate of drug-likeness (QED) is 0.669. The standard InChI is InChI=1S/C14H18BrNO2S/c15-12-7-10(16)3-4-13(12)19-9-11-8-17-14(18-11)5-1-2-6-14/h3-4,7,11H,1-2,5-6,8-9,16H2. The first-order chi connectivity index (χ1) is 9.17. The van der Waals surface area contributed by atoms with Crippen molar-refractivity contribution in [3.05, 3.63) is 22.7 Å². The Morgan fingerprint density at radius 3 is 2.89 bits per heavy atom. The predicted molar refractivity (Wildman–Crippen MR) is 81.3 cm³/mol. The number of halogens is 1. The van der Waals surface area contributed by atoms with Crippen LogP contribution in [0.5, 0.6) is 0 Å². The number of hydrogen-bond donors (Lipinski definition) is 1. The van der Waals surface area contributed by atoms with Gasteiger partial charge in [0.15, 0.2) is 5.79 Å². The predicted octanol–water partition coefficient (Wildman–Crippen LogP) is 3.81. The molecule has 1 unspecified atom stereocenters. The average Bonchev–Trinajstić information content (AvgIpc) is 2.99. The molecule has 3 rings (SSSR count). The summed E-state index contributed by atoms with van der Waals surface area (Å²) in [7, 11) is 0. The van der Waals surface area contributed by atoms with Crippen LogP contribution >= 0.6 is 27.7 Å². The summed E-state index contributed by atoms with van der Waals surface area (Å²) in [5, 5.41) is 0. The molecule has 3 nitrogen and oxygen atoms in total. The second kappa shape index (κ2) is 5.64. The minimum Gasteiger partial charge on any atom is -0.399 e. The van der Waals surface area contributed by atoms with Crippen LogP contribution < -0.4 is 5.73 Å². The lowest BCUT2D eigenvalue weighted by Gasteiger charge is -2.21. The number of nitrogen functional groups attached to an aromatic ring is 1. The van der Waals surface area contributed by atoms with Crippen LogP contribution in [0.25, 0.3) is 0 Å². The Labute approximate surface area is 126 Å². The molecule has 2 N–H and O–H groups in total. The number of ether oxygens (including phenoxy) is 2. The Morgan fingerprint density at radius 2 is 2.16 bits per heavy atom. The van der Waals surface area contributed by atoms with Crippen LogP contribution in [0.2, 0.25) is 0 Å². The Morgan fingerprint density at radius 1 is 1.37 bits per heavy atom. The zero-order valence-corrected chi connectivity index (χ0v) is 13.1. The van der Waals surface area contributed by atoms with E-state index in [4.69, 9.17) is 15.2 Å². The molecule has 1 saturated carbocycles. The van der Waals surface area contributed by atoms with E-state index in [2.05, 4.69) is 15.9 Å². The van der Waals surface area contributed by atoms with Gasteiger partial charge in [-0.2, -0.15) is 0 Å². The van der Waals surface area contributed by atoms with E-state index >= 15 is 0 Å². The van der Waals surface area contributed by atoms with Crippen LogP contribution in [0.3, 0.4) is 0 Å². The molecular formula is C14H18BrNO2S. The molecule has 1 spiro atoms. The lowest BCUT2D eigenvalue weighted by atomic mass is 10.2. The molecule has 19 heavy (non-hydrogen) atoms. The Balaban J connectivity index is 1.55. The van der Waals surface area contributed by atoms with Crippen molar-refractivity contribution in [2.24, 2.45) is 0 Å². The summed E-state index contributed by atoms with van der Waals surface area (Å²) in [6.07, 6.45) is 4.76. The molecule has 1 atom stereocenters. The Kier molecular flexibility index (Phi) is 4.08. The average molecular weight is 344 g/mol. The van der Waals surface area contributed by atoms with Crippen molar-refractivity contribution < 1.29 is 9.47 Å². The second-order valence-corrected chi connectivity index (χ2v) is 7.09. The van der Waals surface area contributed by atoms with E-state index in [0.29, 0.717) is 0 Å². The van der Waals surface area contributed by atoms with Crippen molar-refractivity contribution in [1.29, 1.82) is 0 Å². The lowest BCUT2D eigenvalue weighted by molar-refractivity contribution is -0.159. The van der Waals surface area contributed by atoms with Crippen molar-refractivity contribution in [3.63, 3.8) is 0 Å². The molecule has 1 heterocycles. The van der Waals surface area contributed by atoms with Gasteiger partial charge in [-0.25, -0.2) is 0 Å². The van der Waals surface area contributed by atoms with Gasteiger partial charge >= 0.3 is 0 Å². The maximum absolute atomic E-state index is 6.11. The second-order valence-electron chi connectivity index (χ2n) is 5.17. The van der Waals surface area contributed by atoms with E-state index in [-0.39, 0.29) is 11.9 Å². The molecule has 5 heteroatoms. The molecule has 0 aromatic heterocycles. The number of nitrogens with two attached hydrogens (primary N) is 1. The Hall–Kier alpha value is -0.230. The monoisotopic (exact) mass is 343 g/mol. The smallest absolute Gasteiger partial charge is 0.168 e. The number of thioether (sulfide) groups is 1. The summed E-state index contributed by atoms with van der Waals surface area (Å²) in [6.45, 7) is 0.722. The van der Waals surface area contributed by atoms with Crippen LogP contribution in [0, 0.1) is 0 Å². The van der Waals surface area contributed by atoms with Crippen molar-refractivity contribution in [2.45, 2.75) is 42.5 Å². The van der Waals surface area contributed by atoms with Gasteiger partial charge in [-0.3, -0.25) is 0 Å². The molecule has 0 bridgehead atoms. The van der Waals surface area contributed by atoms with Crippen LogP contribution in [-0.4, -0.2) is 24.3 Å². The van der Waals surface area contributed by atoms with Gasteiger partial charge in [-0.1, -0.05) is 0 Å². The Bertz CT molecular complexity index is 463. The lowest BCUT2D eigenvalue weighted by Crippen LogP contribution is -2.27. The highest BCUT2D eigenvalue weighted by Gasteiger charge is 2.43. The molecule has 104 valence electrons. The first kappa shape index (κ1) is 13.7. The van der Waals surface area contributed by atoms with Gasteiger partial charge in [0.2, 0.25) is 0 Å². The van der Waals surface area contributed by atoms with E-state index in [1.807, 2.05) is 18.2 Å². The van der Waals surface area contributed by atoms with Gasteiger partial charge in [-0.15, -0.1) is 11.8 Å². The highest BCUT2D eigenvalue weighted by Crippen LogP contribution is 2.40. The molecule has 1 aliphatic carbocycles. The summed E-state index contributed by atoms with van der Waals surface area (Å²) in [5.41, 5.74) is 6.52. The maximum atomic E-state index is 6.11. The van der Waals surface area contributed by atoms with Crippen LogP contribution in [0.4, 0.5) is 5.69 Å². The van der Waals surface area contributed by atoms with E-state index in [1.54, 1.807) is 11.8 Å². The van der Waals surface area contributed by atoms with Gasteiger partial charge in [0.1, 0.15) is 0 Å². The molecule has 2 fully saturated rings. The van der Waals surface area contributed by atoms with E-state index < -0.39 is 0 Å². The van der Waals surface area contributed by atoms with Crippen molar-refractivity contribution in [1.82, 2.24) is 0 Å². The molecular weight excluding hydrogens is 326 g/mol. The van der Waals surface area contributed by atoms with Gasteiger partial charge < -0.3 is 15.2 Å². The summed E-state index contributed by atoms with van der Waals surface area (Å²) in [6, 6.07) is 5.91. The minimum atomic E-state index is -0.246. The van der Waals surface area contributed by atoms with E-state index in [1.165, 1.54) is 17.7 Å². The van der Waals surface area contributed by atoms with Gasteiger partial charge in [0, 0.05) is 33.7 Å². The molecule has 1 aromatic rings. The van der Waals surface area contributed by atoms with Gasteiger partial charge in [0.25, 0.3) is 0 Å². The fraction of sp³-hybridized carbons (Fsp3) is 0.571. The van der Waals surface area contributed by atoms with Crippen molar-refractivity contribution in [3.8, 4) is 0 Å². The maximum Gasteiger partial charge on any atom is 0.168 e. The largest absolute Gasteiger partial charge is 0.399 e. The number of anilines is 1. The highest BCUT2D eigenvalue weighted by molar-refractivity contribution is 9.10. The summed E-state index contributed by atoms with van der Waals surface area (Å²) >= 11 is 5.33. The molecule has 0 radical (unpaired) electrons. The van der Waals surface area contributed by atoms with Crippen molar-refractivity contribution in [2.75, 3.05) is 18.1 Å². The zero-order chi connectivity index (χ0) is 13.3. The van der Waals surface area contributed by atoms with Crippen LogP contribution in [-0.2, 0) is 9.47 Å². The van der Waals surface area contributed by atoms with Crippen molar-refractivity contribution >= 4 is 33.4 Å². The third-order valence-corrected chi connectivity index (χ3v) is 5.78. The fourth-order valence-electron chi connectivity index (χ4n) is 2.69. The van der Waals surface area contributed by atoms with Gasteiger partial charge in [0.05, 0.1) is 12.7 Å². The number of benzene rings is 1. The molecule has 1 aliphatic heterocycles. The minimum absolute atomic E-state index is 0.201. The summed E-state index contributed by atoms with van der Waals surface area (Å²) in [5.74, 6) is 0.674. The molecule has 0 amide bonds. The van der Waals surface area contributed by atoms with E-state index in [0.717, 1.165) is 35.4 Å². The highest BCUT2D eigenvalue weighted by atomic mass is 79.9.